The zero-order chi connectivity index (χ0) is 14.7. The molecule has 2 aliphatic rings. The van der Waals surface area contributed by atoms with Gasteiger partial charge < -0.3 is 9.80 Å². The molecule has 2 saturated heterocycles. The number of hydrogen-bond donors (Lipinski definition) is 0. The summed E-state index contributed by atoms with van der Waals surface area (Å²) < 4.78 is 0. The van der Waals surface area contributed by atoms with E-state index in [4.69, 9.17) is 0 Å². The van der Waals surface area contributed by atoms with Crippen molar-refractivity contribution in [1.82, 2.24) is 14.7 Å². The molecule has 19 heavy (non-hydrogen) atoms. The number of piperidine rings is 1. The highest BCUT2D eigenvalue weighted by Crippen LogP contribution is 2.17. The largest absolute Gasteiger partial charge is 0.306 e. The minimum atomic E-state index is 0.868. The number of likely N-dealkylation sites (N-methyl/N-ethyl adjacent to an activating group) is 1. The van der Waals surface area contributed by atoms with Crippen LogP contribution in [0.15, 0.2) is 0 Å². The summed E-state index contributed by atoms with van der Waals surface area (Å²) in [5.41, 5.74) is 0. The predicted molar refractivity (Wildman–Crippen MR) is 86.9 cm³/mol. The molecular formula is C16H37N3. The van der Waals surface area contributed by atoms with Crippen LogP contribution in [0.25, 0.3) is 0 Å². The van der Waals surface area contributed by atoms with Crippen LogP contribution < -0.4 is 0 Å². The molecule has 0 saturated carbocycles. The number of hydrogen-bond acceptors (Lipinski definition) is 3. The van der Waals surface area contributed by atoms with Crippen molar-refractivity contribution < 1.29 is 0 Å². The van der Waals surface area contributed by atoms with E-state index in [1.807, 2.05) is 27.7 Å². The maximum Gasteiger partial charge on any atom is 0.0120 e. The molecule has 0 spiro atoms. The van der Waals surface area contributed by atoms with E-state index in [1.54, 1.807) is 0 Å². The van der Waals surface area contributed by atoms with Crippen LogP contribution in [0.4, 0.5) is 0 Å². The van der Waals surface area contributed by atoms with Crippen LogP contribution >= 0.6 is 0 Å². The first-order chi connectivity index (χ1) is 9.25. The second-order valence-corrected chi connectivity index (χ2v) is 5.23. The van der Waals surface area contributed by atoms with Gasteiger partial charge in [-0.3, -0.25) is 4.90 Å². The monoisotopic (exact) mass is 271 g/mol. The average molecular weight is 271 g/mol. The molecule has 0 bridgehead atoms. The zero-order valence-corrected chi connectivity index (χ0v) is 14.3. The summed E-state index contributed by atoms with van der Waals surface area (Å²) in [6, 6.07) is 0.868. The molecule has 0 aliphatic carbocycles. The Labute approximate surface area is 121 Å². The van der Waals surface area contributed by atoms with Gasteiger partial charge in [-0.1, -0.05) is 27.7 Å². The highest BCUT2D eigenvalue weighted by atomic mass is 15.2. The molecule has 0 aromatic rings. The predicted octanol–water partition coefficient (Wildman–Crippen LogP) is 2.77. The summed E-state index contributed by atoms with van der Waals surface area (Å²) >= 11 is 0. The summed E-state index contributed by atoms with van der Waals surface area (Å²) in [4.78, 5) is 7.66. The van der Waals surface area contributed by atoms with Crippen molar-refractivity contribution >= 4 is 0 Å². The second-order valence-electron chi connectivity index (χ2n) is 5.23. The molecule has 2 aliphatic heterocycles. The summed E-state index contributed by atoms with van der Waals surface area (Å²) in [5, 5.41) is 0. The molecule has 116 valence electrons. The van der Waals surface area contributed by atoms with Gasteiger partial charge in [-0.15, -0.1) is 0 Å². The zero-order valence-electron chi connectivity index (χ0n) is 14.3. The fraction of sp³-hybridized carbons (Fsp3) is 1.00. The first-order valence-electron chi connectivity index (χ1n) is 8.37. The van der Waals surface area contributed by atoms with Crippen molar-refractivity contribution in [3.63, 3.8) is 0 Å². The molecule has 0 radical (unpaired) electrons. The average Bonchev–Trinajstić information content (AvgIpc) is 2.69. The third-order valence-corrected chi connectivity index (χ3v) is 3.96. The minimum Gasteiger partial charge on any atom is -0.306 e. The third kappa shape index (κ3) is 7.28. The van der Waals surface area contributed by atoms with Gasteiger partial charge in [0.05, 0.1) is 0 Å². The van der Waals surface area contributed by atoms with Crippen LogP contribution in [0.5, 0.6) is 0 Å². The number of likely N-dealkylation sites (tertiary alicyclic amines) is 1. The van der Waals surface area contributed by atoms with Crippen LogP contribution in [0, 0.1) is 0 Å². The van der Waals surface area contributed by atoms with Crippen LogP contribution in [0.2, 0.25) is 0 Å². The lowest BCUT2D eigenvalue weighted by Gasteiger charge is -2.36. The summed E-state index contributed by atoms with van der Waals surface area (Å²) in [6.07, 6.45) is 4.10. The van der Waals surface area contributed by atoms with Crippen LogP contribution in [0.1, 0.15) is 47.0 Å². The van der Waals surface area contributed by atoms with Gasteiger partial charge >= 0.3 is 0 Å². The number of nitrogens with zero attached hydrogens (tertiary/aromatic N) is 3. The van der Waals surface area contributed by atoms with Gasteiger partial charge in [-0.2, -0.15) is 0 Å². The molecule has 0 aromatic carbocycles. The Kier molecular flexibility index (Phi) is 11.6. The van der Waals surface area contributed by atoms with Crippen molar-refractivity contribution in [3.05, 3.63) is 0 Å². The normalized spacial score (nSPS) is 23.7. The minimum absolute atomic E-state index is 0.868. The van der Waals surface area contributed by atoms with E-state index in [-0.39, 0.29) is 0 Å². The lowest BCUT2D eigenvalue weighted by atomic mass is 10.0. The van der Waals surface area contributed by atoms with Gasteiger partial charge in [-0.25, -0.2) is 0 Å². The Morgan fingerprint density at radius 2 is 1.16 bits per heavy atom. The van der Waals surface area contributed by atoms with Gasteiger partial charge in [0, 0.05) is 19.1 Å². The van der Waals surface area contributed by atoms with Crippen molar-refractivity contribution in [3.8, 4) is 0 Å². The lowest BCUT2D eigenvalue weighted by molar-refractivity contribution is 0.124. The Hall–Kier alpha value is -0.120. The highest BCUT2D eigenvalue weighted by molar-refractivity contribution is 4.80. The van der Waals surface area contributed by atoms with Gasteiger partial charge in [0.15, 0.2) is 0 Å². The van der Waals surface area contributed by atoms with Crippen molar-refractivity contribution in [2.24, 2.45) is 0 Å². The standard InChI is InChI=1S/C12H25N3.2C2H6/c1-13-6-3-7-15(11-10-13)12-4-8-14(2)9-5-12;2*1-2/h12H,3-11H2,1-2H3;2*1-2H3. The van der Waals surface area contributed by atoms with E-state index in [0.29, 0.717) is 0 Å². The van der Waals surface area contributed by atoms with E-state index in [0.717, 1.165) is 6.04 Å². The van der Waals surface area contributed by atoms with Gasteiger partial charge in [0.25, 0.3) is 0 Å². The van der Waals surface area contributed by atoms with Gasteiger partial charge in [0.1, 0.15) is 0 Å². The van der Waals surface area contributed by atoms with Gasteiger partial charge in [0.2, 0.25) is 0 Å². The molecule has 0 aromatic heterocycles. The highest BCUT2D eigenvalue weighted by Gasteiger charge is 2.24. The SMILES string of the molecule is CC.CC.CN1CCC(N2CCCN(C)CC2)CC1. The third-order valence-electron chi connectivity index (χ3n) is 3.96. The van der Waals surface area contributed by atoms with Crippen molar-refractivity contribution in [2.45, 2.75) is 53.0 Å². The molecule has 0 unspecified atom stereocenters. The molecule has 0 N–H and O–H groups in total. The quantitative estimate of drug-likeness (QED) is 0.726. The maximum atomic E-state index is 2.73. The van der Waals surface area contributed by atoms with E-state index in [1.165, 1.54) is 58.5 Å². The molecule has 2 rings (SSSR count). The van der Waals surface area contributed by atoms with E-state index in [9.17, 15) is 0 Å². The Morgan fingerprint density at radius 3 is 1.74 bits per heavy atom. The molecule has 0 amide bonds. The number of rotatable bonds is 1. The first kappa shape index (κ1) is 18.9. The Bertz CT molecular complexity index is 188. The molecule has 2 fully saturated rings. The maximum absolute atomic E-state index is 2.73. The molecule has 0 atom stereocenters. The molecule has 3 nitrogen and oxygen atoms in total. The first-order valence-corrected chi connectivity index (χ1v) is 8.37. The van der Waals surface area contributed by atoms with Crippen LogP contribution in [0.3, 0.4) is 0 Å². The van der Waals surface area contributed by atoms with E-state index >= 15 is 0 Å². The summed E-state index contributed by atoms with van der Waals surface area (Å²) in [6.45, 7) is 15.7. The topological polar surface area (TPSA) is 9.72 Å². The Balaban J connectivity index is 0.000000741. The van der Waals surface area contributed by atoms with Crippen LogP contribution in [-0.4, -0.2) is 74.1 Å². The summed E-state index contributed by atoms with van der Waals surface area (Å²) in [5.74, 6) is 0. The fourth-order valence-corrected chi connectivity index (χ4v) is 2.79. The fourth-order valence-electron chi connectivity index (χ4n) is 2.79. The molecule has 2 heterocycles. The van der Waals surface area contributed by atoms with Crippen molar-refractivity contribution in [2.75, 3.05) is 53.4 Å². The van der Waals surface area contributed by atoms with E-state index < -0.39 is 0 Å². The Morgan fingerprint density at radius 1 is 0.632 bits per heavy atom. The second kappa shape index (κ2) is 11.7. The smallest absolute Gasteiger partial charge is 0.0120 e. The lowest BCUT2D eigenvalue weighted by Crippen LogP contribution is -2.45. The van der Waals surface area contributed by atoms with Gasteiger partial charge in [-0.05, 0) is 59.5 Å². The van der Waals surface area contributed by atoms with Crippen LogP contribution in [-0.2, 0) is 0 Å². The molecule has 3 heteroatoms. The summed E-state index contributed by atoms with van der Waals surface area (Å²) in [7, 11) is 4.49. The molecular weight excluding hydrogens is 234 g/mol. The van der Waals surface area contributed by atoms with Crippen molar-refractivity contribution in [1.29, 1.82) is 0 Å². The van der Waals surface area contributed by atoms with E-state index in [2.05, 4.69) is 28.8 Å².